The first-order chi connectivity index (χ1) is 14.3. The third-order valence-electron chi connectivity index (χ3n) is 5.21. The van der Waals surface area contributed by atoms with E-state index in [4.69, 9.17) is 28.9 Å². The first kappa shape index (κ1) is 20.4. The fourth-order valence-electron chi connectivity index (χ4n) is 3.69. The van der Waals surface area contributed by atoms with Crippen LogP contribution in [0.15, 0.2) is 66.7 Å². The van der Waals surface area contributed by atoms with Crippen molar-refractivity contribution in [1.82, 2.24) is 0 Å². The molecule has 0 radical (unpaired) electrons. The number of anilines is 2. The number of amides is 1. The van der Waals surface area contributed by atoms with Gasteiger partial charge in [0.2, 0.25) is 0 Å². The number of ketones is 1. The lowest BCUT2D eigenvalue weighted by molar-refractivity contribution is -0.136. The summed E-state index contributed by atoms with van der Waals surface area (Å²) >= 11 is 12.4. The predicted molar refractivity (Wildman–Crippen MR) is 118 cm³/mol. The molecule has 0 unspecified atom stereocenters. The van der Waals surface area contributed by atoms with Gasteiger partial charge in [0.05, 0.1) is 18.7 Å². The lowest BCUT2D eigenvalue weighted by atomic mass is 9.88. The molecule has 1 aliphatic rings. The van der Waals surface area contributed by atoms with Gasteiger partial charge in [0.25, 0.3) is 5.91 Å². The molecular weight excluding hydrogens is 423 g/mol. The number of Topliss-reactive ketones (excluding diaryl/α,β-unsaturated/α-hetero) is 1. The summed E-state index contributed by atoms with van der Waals surface area (Å²) in [5.74, 6) is -0.999. The molecule has 3 N–H and O–H groups in total. The Kier molecular flexibility index (Phi) is 5.28. The second-order valence-corrected chi connectivity index (χ2v) is 8.07. The Bertz CT molecular complexity index is 1160. The first-order valence-corrected chi connectivity index (χ1v) is 10.0. The van der Waals surface area contributed by atoms with E-state index in [0.717, 1.165) is 5.56 Å². The zero-order chi connectivity index (χ0) is 21.5. The maximum absolute atomic E-state index is 13.4. The van der Waals surface area contributed by atoms with Crippen LogP contribution < -0.4 is 10.6 Å². The summed E-state index contributed by atoms with van der Waals surface area (Å²) in [5.41, 5.74) is 5.98. The van der Waals surface area contributed by atoms with Crippen molar-refractivity contribution in [3.63, 3.8) is 0 Å². The van der Waals surface area contributed by atoms with E-state index in [2.05, 4.69) is 0 Å². The molecule has 7 heteroatoms. The highest BCUT2D eigenvalue weighted by molar-refractivity contribution is 6.31. The molecule has 1 aliphatic heterocycles. The molecule has 0 spiro atoms. The molecule has 3 aromatic carbocycles. The van der Waals surface area contributed by atoms with E-state index in [1.807, 2.05) is 6.07 Å². The molecule has 1 heterocycles. The SMILES string of the molecule is Nc1cccc(C(=O)C[C@@]2(O)C(=O)N(Cc3ccccc3Cl)c3ccc(Cl)cc32)c1. The minimum atomic E-state index is -2.04. The van der Waals surface area contributed by atoms with E-state index in [1.54, 1.807) is 48.5 Å². The number of benzene rings is 3. The molecule has 30 heavy (non-hydrogen) atoms. The van der Waals surface area contributed by atoms with Gasteiger partial charge in [0.15, 0.2) is 11.4 Å². The van der Waals surface area contributed by atoms with Crippen molar-refractivity contribution in [2.75, 3.05) is 10.6 Å². The average molecular weight is 441 g/mol. The smallest absolute Gasteiger partial charge is 0.264 e. The molecule has 1 atom stereocenters. The second kappa shape index (κ2) is 7.76. The van der Waals surface area contributed by atoms with Crippen LogP contribution in [0.25, 0.3) is 0 Å². The Hall–Kier alpha value is -2.86. The Morgan fingerprint density at radius 3 is 2.53 bits per heavy atom. The largest absolute Gasteiger partial charge is 0.399 e. The molecule has 0 saturated carbocycles. The predicted octanol–water partition coefficient (Wildman–Crippen LogP) is 4.58. The minimum absolute atomic E-state index is 0.155. The highest BCUT2D eigenvalue weighted by atomic mass is 35.5. The van der Waals surface area contributed by atoms with Crippen molar-refractivity contribution in [1.29, 1.82) is 0 Å². The standard InChI is InChI=1S/C23H18Cl2N2O3/c24-16-8-9-20-18(11-16)23(30,12-21(28)14-5-3-6-17(26)10-14)22(29)27(20)13-15-4-1-2-7-19(15)25/h1-11,30H,12-13,26H2/t23-/m0/s1. The van der Waals surface area contributed by atoms with Gasteiger partial charge in [-0.3, -0.25) is 9.59 Å². The van der Waals surface area contributed by atoms with Crippen LogP contribution >= 0.6 is 23.2 Å². The summed E-state index contributed by atoms with van der Waals surface area (Å²) in [6.07, 6.45) is -0.429. The van der Waals surface area contributed by atoms with Crippen molar-refractivity contribution in [2.45, 2.75) is 18.6 Å². The van der Waals surface area contributed by atoms with Crippen LogP contribution in [0.5, 0.6) is 0 Å². The van der Waals surface area contributed by atoms with E-state index in [-0.39, 0.29) is 6.54 Å². The molecule has 1 amide bonds. The van der Waals surface area contributed by atoms with Crippen LogP contribution in [0.2, 0.25) is 10.0 Å². The molecule has 0 aliphatic carbocycles. The second-order valence-electron chi connectivity index (χ2n) is 7.23. The van der Waals surface area contributed by atoms with Gasteiger partial charge in [0.1, 0.15) is 0 Å². The number of hydrogen-bond acceptors (Lipinski definition) is 4. The van der Waals surface area contributed by atoms with E-state index in [0.29, 0.717) is 32.5 Å². The number of halogens is 2. The maximum atomic E-state index is 13.4. The Morgan fingerprint density at radius 1 is 1.03 bits per heavy atom. The average Bonchev–Trinajstić information content (AvgIpc) is 2.91. The van der Waals surface area contributed by atoms with Gasteiger partial charge in [-0.2, -0.15) is 0 Å². The Balaban J connectivity index is 1.73. The van der Waals surface area contributed by atoms with E-state index in [1.165, 1.54) is 17.0 Å². The van der Waals surface area contributed by atoms with Crippen molar-refractivity contribution < 1.29 is 14.7 Å². The van der Waals surface area contributed by atoms with Crippen LogP contribution in [0.3, 0.4) is 0 Å². The highest BCUT2D eigenvalue weighted by Crippen LogP contribution is 2.45. The van der Waals surface area contributed by atoms with Crippen molar-refractivity contribution in [3.05, 3.63) is 93.5 Å². The summed E-state index contributed by atoms with van der Waals surface area (Å²) in [4.78, 5) is 27.7. The summed E-state index contributed by atoms with van der Waals surface area (Å²) in [6.45, 7) is 0.155. The zero-order valence-corrected chi connectivity index (χ0v) is 17.3. The van der Waals surface area contributed by atoms with Gasteiger partial charge in [-0.05, 0) is 42.0 Å². The molecule has 0 bridgehead atoms. The fourth-order valence-corrected chi connectivity index (χ4v) is 4.06. The quantitative estimate of drug-likeness (QED) is 0.449. The molecule has 0 saturated heterocycles. The van der Waals surface area contributed by atoms with Crippen LogP contribution in [0.1, 0.15) is 27.9 Å². The number of fused-ring (bicyclic) bond motifs is 1. The number of nitrogens with zero attached hydrogens (tertiary/aromatic N) is 1. The molecular formula is C23H18Cl2N2O3. The third-order valence-corrected chi connectivity index (χ3v) is 5.81. The topological polar surface area (TPSA) is 83.6 Å². The lowest BCUT2D eigenvalue weighted by Gasteiger charge is -2.23. The van der Waals surface area contributed by atoms with Crippen LogP contribution in [-0.4, -0.2) is 16.8 Å². The van der Waals surface area contributed by atoms with E-state index >= 15 is 0 Å². The molecule has 5 nitrogen and oxygen atoms in total. The highest BCUT2D eigenvalue weighted by Gasteiger charge is 2.51. The third kappa shape index (κ3) is 3.56. The van der Waals surface area contributed by atoms with Crippen molar-refractivity contribution >= 4 is 46.3 Å². The van der Waals surface area contributed by atoms with Gasteiger partial charge in [-0.25, -0.2) is 0 Å². The number of carbonyl (C=O) groups is 2. The maximum Gasteiger partial charge on any atom is 0.264 e. The normalized spacial score (nSPS) is 17.8. The summed E-state index contributed by atoms with van der Waals surface area (Å²) in [5, 5.41) is 12.3. The van der Waals surface area contributed by atoms with Crippen LogP contribution in [0, 0.1) is 0 Å². The zero-order valence-electron chi connectivity index (χ0n) is 15.8. The lowest BCUT2D eigenvalue weighted by Crippen LogP contribution is -2.41. The van der Waals surface area contributed by atoms with Gasteiger partial charge >= 0.3 is 0 Å². The van der Waals surface area contributed by atoms with Gasteiger partial charge in [-0.1, -0.05) is 53.5 Å². The number of nitrogen functional groups attached to an aromatic ring is 1. The number of hydrogen-bond donors (Lipinski definition) is 2. The number of nitrogens with two attached hydrogens (primary N) is 1. The Labute approximate surface area is 183 Å². The van der Waals surface area contributed by atoms with Crippen molar-refractivity contribution in [3.8, 4) is 0 Å². The summed E-state index contributed by atoms with van der Waals surface area (Å²) in [6, 6.07) is 18.4. The molecule has 0 aromatic heterocycles. The molecule has 3 aromatic rings. The van der Waals surface area contributed by atoms with Gasteiger partial charge < -0.3 is 15.7 Å². The molecule has 4 rings (SSSR count). The monoisotopic (exact) mass is 440 g/mol. The van der Waals surface area contributed by atoms with Gasteiger partial charge in [0, 0.05) is 26.9 Å². The first-order valence-electron chi connectivity index (χ1n) is 9.26. The Morgan fingerprint density at radius 2 is 1.80 bits per heavy atom. The van der Waals surface area contributed by atoms with E-state index < -0.39 is 23.7 Å². The minimum Gasteiger partial charge on any atom is -0.399 e. The summed E-state index contributed by atoms with van der Waals surface area (Å²) < 4.78 is 0. The fraction of sp³-hybridized carbons (Fsp3) is 0.130. The summed E-state index contributed by atoms with van der Waals surface area (Å²) in [7, 11) is 0. The van der Waals surface area contributed by atoms with Crippen LogP contribution in [0.4, 0.5) is 11.4 Å². The number of aliphatic hydroxyl groups is 1. The molecule has 0 fully saturated rings. The van der Waals surface area contributed by atoms with Crippen molar-refractivity contribution in [2.24, 2.45) is 0 Å². The van der Waals surface area contributed by atoms with Crippen LogP contribution in [-0.2, 0) is 16.9 Å². The number of carbonyl (C=O) groups excluding carboxylic acids is 2. The van der Waals surface area contributed by atoms with Gasteiger partial charge in [-0.15, -0.1) is 0 Å². The number of rotatable bonds is 5. The van der Waals surface area contributed by atoms with E-state index in [9.17, 15) is 14.7 Å². The molecule has 152 valence electrons.